The van der Waals surface area contributed by atoms with Gasteiger partial charge in [-0.05, 0) is 48.8 Å². The maximum absolute atomic E-state index is 6.17. The number of methoxy groups -OCH3 is 1. The van der Waals surface area contributed by atoms with Gasteiger partial charge in [0.05, 0.1) is 27.4 Å². The first-order chi connectivity index (χ1) is 7.79. The first-order valence-corrected chi connectivity index (χ1v) is 6.79. The van der Waals surface area contributed by atoms with Gasteiger partial charge >= 0.3 is 0 Å². The third-order valence-corrected chi connectivity index (χ3v) is 4.75. The monoisotopic (exact) mass is 339 g/mol. The molecule has 0 spiro atoms. The van der Waals surface area contributed by atoms with E-state index in [0.29, 0.717) is 10.0 Å². The Morgan fingerprint density at radius 2 is 1.88 bits per heavy atom. The molecule has 0 radical (unpaired) electrons. The summed E-state index contributed by atoms with van der Waals surface area (Å²) >= 11 is 15.6. The summed E-state index contributed by atoms with van der Waals surface area (Å²) in [7, 11) is 1.69. The van der Waals surface area contributed by atoms with E-state index in [1.54, 1.807) is 7.11 Å². The fraction of sp³-hybridized carbons (Fsp3) is 0.500. The van der Waals surface area contributed by atoms with Crippen LogP contribution in [-0.4, -0.2) is 18.8 Å². The summed E-state index contributed by atoms with van der Waals surface area (Å²) in [6, 6.07) is 3.85. The van der Waals surface area contributed by atoms with Gasteiger partial charge in [0, 0.05) is 11.6 Å². The summed E-state index contributed by atoms with van der Waals surface area (Å²) in [6.45, 7) is 6.06. The minimum absolute atomic E-state index is 0.0993. The molecule has 2 nitrogen and oxygen atoms in total. The molecule has 96 valence electrons. The van der Waals surface area contributed by atoms with Crippen LogP contribution in [0, 0.1) is 0 Å². The van der Waals surface area contributed by atoms with Crippen molar-refractivity contribution in [2.75, 3.05) is 12.4 Å². The van der Waals surface area contributed by atoms with Crippen molar-refractivity contribution in [3.63, 3.8) is 0 Å². The van der Waals surface area contributed by atoms with Crippen LogP contribution < -0.4 is 5.32 Å². The molecule has 1 rings (SSSR count). The number of nitrogens with one attached hydrogen (secondary N) is 1. The predicted molar refractivity (Wildman–Crippen MR) is 78.3 cm³/mol. The van der Waals surface area contributed by atoms with Crippen molar-refractivity contribution in [3.05, 3.63) is 26.7 Å². The van der Waals surface area contributed by atoms with Crippen LogP contribution in [0.25, 0.3) is 0 Å². The standard InChI is InChI=1S/C12H16BrCl2NO/c1-7(12(2,3)17-4)16-9-6-5-8(13)10(14)11(9)15/h5-7,16H,1-4H3. The highest BCUT2D eigenvalue weighted by Crippen LogP contribution is 2.36. The van der Waals surface area contributed by atoms with Crippen molar-refractivity contribution in [3.8, 4) is 0 Å². The zero-order valence-corrected chi connectivity index (χ0v) is 13.4. The van der Waals surface area contributed by atoms with Crippen molar-refractivity contribution >= 4 is 44.8 Å². The largest absolute Gasteiger partial charge is 0.378 e. The molecule has 0 aliphatic carbocycles. The number of hydrogen-bond donors (Lipinski definition) is 1. The highest BCUT2D eigenvalue weighted by atomic mass is 79.9. The Hall–Kier alpha value is 0.0400. The average Bonchev–Trinajstić information content (AvgIpc) is 2.29. The van der Waals surface area contributed by atoms with Gasteiger partial charge in [0.1, 0.15) is 0 Å². The third kappa shape index (κ3) is 3.50. The second kappa shape index (κ2) is 5.79. The van der Waals surface area contributed by atoms with E-state index >= 15 is 0 Å². The molecule has 0 fully saturated rings. The van der Waals surface area contributed by atoms with Crippen LogP contribution in [0.4, 0.5) is 5.69 Å². The molecule has 0 heterocycles. The summed E-state index contributed by atoms with van der Waals surface area (Å²) in [5, 5.41) is 4.33. The molecule has 1 atom stereocenters. The van der Waals surface area contributed by atoms with Crippen molar-refractivity contribution in [1.29, 1.82) is 0 Å². The Balaban J connectivity index is 2.93. The number of benzene rings is 1. The summed E-state index contributed by atoms with van der Waals surface area (Å²) in [5.74, 6) is 0. The van der Waals surface area contributed by atoms with Gasteiger partial charge < -0.3 is 10.1 Å². The molecular weight excluding hydrogens is 325 g/mol. The van der Waals surface area contributed by atoms with Gasteiger partial charge in [-0.25, -0.2) is 0 Å². The number of hydrogen-bond acceptors (Lipinski definition) is 2. The predicted octanol–water partition coefficient (Wildman–Crippen LogP) is 4.98. The third-order valence-electron chi connectivity index (χ3n) is 2.98. The van der Waals surface area contributed by atoms with Gasteiger partial charge in [0.2, 0.25) is 0 Å². The zero-order valence-electron chi connectivity index (χ0n) is 10.3. The van der Waals surface area contributed by atoms with E-state index in [0.717, 1.165) is 10.2 Å². The van der Waals surface area contributed by atoms with Gasteiger partial charge in [0.25, 0.3) is 0 Å². The number of ether oxygens (including phenoxy) is 1. The fourth-order valence-electron chi connectivity index (χ4n) is 1.22. The van der Waals surface area contributed by atoms with Crippen molar-refractivity contribution < 1.29 is 4.74 Å². The van der Waals surface area contributed by atoms with Crippen LogP contribution >= 0.6 is 39.1 Å². The molecular formula is C12H16BrCl2NO. The van der Waals surface area contributed by atoms with E-state index in [4.69, 9.17) is 27.9 Å². The van der Waals surface area contributed by atoms with Crippen LogP contribution in [0.15, 0.2) is 16.6 Å². The average molecular weight is 341 g/mol. The summed E-state index contributed by atoms with van der Waals surface area (Å²) in [6.07, 6.45) is 0. The van der Waals surface area contributed by atoms with Crippen LogP contribution in [0.1, 0.15) is 20.8 Å². The quantitative estimate of drug-likeness (QED) is 0.780. The highest BCUT2D eigenvalue weighted by molar-refractivity contribution is 9.10. The van der Waals surface area contributed by atoms with Crippen LogP contribution in [0.3, 0.4) is 0 Å². The van der Waals surface area contributed by atoms with Crippen LogP contribution in [-0.2, 0) is 4.74 Å². The highest BCUT2D eigenvalue weighted by Gasteiger charge is 2.25. The molecule has 17 heavy (non-hydrogen) atoms. The van der Waals surface area contributed by atoms with Crippen molar-refractivity contribution in [2.45, 2.75) is 32.4 Å². The van der Waals surface area contributed by atoms with E-state index in [-0.39, 0.29) is 11.6 Å². The molecule has 0 bridgehead atoms. The molecule has 1 N–H and O–H groups in total. The van der Waals surface area contributed by atoms with Crippen molar-refractivity contribution in [1.82, 2.24) is 0 Å². The minimum atomic E-state index is -0.289. The lowest BCUT2D eigenvalue weighted by Gasteiger charge is -2.32. The lowest BCUT2D eigenvalue weighted by atomic mass is 10.00. The molecule has 0 aliphatic heterocycles. The van der Waals surface area contributed by atoms with Crippen LogP contribution in [0.5, 0.6) is 0 Å². The van der Waals surface area contributed by atoms with Gasteiger partial charge in [-0.15, -0.1) is 0 Å². The molecule has 1 aromatic rings. The lowest BCUT2D eigenvalue weighted by molar-refractivity contribution is 0.0107. The molecule has 0 saturated heterocycles. The summed E-state index contributed by atoms with van der Waals surface area (Å²) in [5.41, 5.74) is 0.514. The Morgan fingerprint density at radius 1 is 1.29 bits per heavy atom. The van der Waals surface area contributed by atoms with Gasteiger partial charge in [-0.1, -0.05) is 23.2 Å². The van der Waals surface area contributed by atoms with E-state index in [1.165, 1.54) is 0 Å². The lowest BCUT2D eigenvalue weighted by Crippen LogP contribution is -2.41. The van der Waals surface area contributed by atoms with Crippen LogP contribution in [0.2, 0.25) is 10.0 Å². The number of anilines is 1. The second-order valence-electron chi connectivity index (χ2n) is 4.40. The number of rotatable bonds is 4. The molecule has 0 aromatic heterocycles. The molecule has 0 aliphatic rings. The Bertz CT molecular complexity index is 410. The summed E-state index contributed by atoms with van der Waals surface area (Å²) < 4.78 is 6.20. The van der Waals surface area contributed by atoms with E-state index in [1.807, 2.05) is 32.9 Å². The van der Waals surface area contributed by atoms with E-state index < -0.39 is 0 Å². The Kier molecular flexibility index (Phi) is 5.14. The minimum Gasteiger partial charge on any atom is -0.378 e. The summed E-state index contributed by atoms with van der Waals surface area (Å²) in [4.78, 5) is 0. The van der Waals surface area contributed by atoms with Gasteiger partial charge in [-0.3, -0.25) is 0 Å². The Labute approximate surface area is 121 Å². The van der Waals surface area contributed by atoms with Gasteiger partial charge in [-0.2, -0.15) is 0 Å². The topological polar surface area (TPSA) is 21.3 Å². The van der Waals surface area contributed by atoms with Gasteiger partial charge in [0.15, 0.2) is 0 Å². The second-order valence-corrected chi connectivity index (χ2v) is 6.01. The molecule has 1 aromatic carbocycles. The molecule has 0 amide bonds. The maximum Gasteiger partial charge on any atom is 0.0835 e. The maximum atomic E-state index is 6.17. The van der Waals surface area contributed by atoms with Crippen molar-refractivity contribution in [2.24, 2.45) is 0 Å². The molecule has 0 saturated carbocycles. The smallest absolute Gasteiger partial charge is 0.0835 e. The normalized spacial score (nSPS) is 13.6. The molecule has 5 heteroatoms. The molecule has 1 unspecified atom stereocenters. The van der Waals surface area contributed by atoms with E-state index in [2.05, 4.69) is 21.2 Å². The first-order valence-electron chi connectivity index (χ1n) is 5.24. The SMILES string of the molecule is COC(C)(C)C(C)Nc1ccc(Br)c(Cl)c1Cl. The number of halogens is 3. The first kappa shape index (κ1) is 15.1. The Morgan fingerprint density at radius 3 is 2.41 bits per heavy atom. The van der Waals surface area contributed by atoms with E-state index in [9.17, 15) is 0 Å². The fourth-order valence-corrected chi connectivity index (χ4v) is 2.05. The zero-order chi connectivity index (χ0) is 13.2.